The van der Waals surface area contributed by atoms with E-state index in [1.165, 1.54) is 12.8 Å². The van der Waals surface area contributed by atoms with E-state index in [4.69, 9.17) is 17.3 Å². The summed E-state index contributed by atoms with van der Waals surface area (Å²) in [4.78, 5) is 12.3. The van der Waals surface area contributed by atoms with Gasteiger partial charge in [-0.1, -0.05) is 37.3 Å². The summed E-state index contributed by atoms with van der Waals surface area (Å²) in [6, 6.07) is 5.13. The number of Topliss-reactive ketones (excluding diaryl/α,β-unsaturated/α-hetero) is 1. The van der Waals surface area contributed by atoms with Crippen LogP contribution in [0.1, 0.15) is 48.9 Å². The number of hydrogen-bond donors (Lipinski definition) is 1. The van der Waals surface area contributed by atoms with Crippen LogP contribution in [-0.2, 0) is 0 Å². The number of nitrogens with two attached hydrogens (primary N) is 1. The van der Waals surface area contributed by atoms with Crippen molar-refractivity contribution in [1.29, 1.82) is 0 Å². The lowest BCUT2D eigenvalue weighted by molar-refractivity contribution is 0.0908. The van der Waals surface area contributed by atoms with Crippen LogP contribution in [0.15, 0.2) is 18.2 Å². The molecule has 0 bridgehead atoms. The molecule has 92 valence electrons. The average molecular weight is 252 g/mol. The van der Waals surface area contributed by atoms with Gasteiger partial charge in [0.15, 0.2) is 5.78 Å². The smallest absolute Gasteiger partial charge is 0.166 e. The molecular weight excluding hydrogens is 234 g/mol. The molecule has 1 aliphatic rings. The third-order valence-electron chi connectivity index (χ3n) is 3.43. The van der Waals surface area contributed by atoms with Crippen LogP contribution in [0.25, 0.3) is 0 Å². The summed E-state index contributed by atoms with van der Waals surface area (Å²) in [5.74, 6) is 0.372. The molecule has 0 aromatic heterocycles. The van der Waals surface area contributed by atoms with Crippen molar-refractivity contribution < 1.29 is 4.79 Å². The first-order valence-corrected chi connectivity index (χ1v) is 6.65. The fourth-order valence-electron chi connectivity index (χ4n) is 2.53. The van der Waals surface area contributed by atoms with E-state index >= 15 is 0 Å². The number of nitrogen functional groups attached to an aromatic ring is 1. The Bertz CT molecular complexity index is 388. The molecule has 1 fully saturated rings. The van der Waals surface area contributed by atoms with Gasteiger partial charge in [0.25, 0.3) is 0 Å². The highest BCUT2D eigenvalue weighted by Crippen LogP contribution is 2.27. The molecule has 0 heterocycles. The molecule has 2 N–H and O–H groups in total. The second-order valence-electron chi connectivity index (χ2n) is 4.83. The Morgan fingerprint density at radius 1 is 1.12 bits per heavy atom. The molecular formula is C14H18ClNO. The van der Waals surface area contributed by atoms with Gasteiger partial charge in [-0.15, -0.1) is 0 Å². The van der Waals surface area contributed by atoms with Crippen LogP contribution in [-0.4, -0.2) is 5.78 Å². The maximum absolute atomic E-state index is 12.3. The summed E-state index contributed by atoms with van der Waals surface area (Å²) in [5, 5.41) is 0.543. The maximum Gasteiger partial charge on any atom is 0.166 e. The molecule has 0 unspecified atom stereocenters. The fourth-order valence-corrected chi connectivity index (χ4v) is 2.78. The van der Waals surface area contributed by atoms with Gasteiger partial charge in [0.2, 0.25) is 0 Å². The molecule has 3 heteroatoms. The number of halogens is 1. The number of hydrogen-bond acceptors (Lipinski definition) is 2. The van der Waals surface area contributed by atoms with E-state index in [9.17, 15) is 4.79 Å². The van der Waals surface area contributed by atoms with Gasteiger partial charge < -0.3 is 5.73 Å². The summed E-state index contributed by atoms with van der Waals surface area (Å²) in [6.07, 6.45) is 6.83. The monoisotopic (exact) mass is 251 g/mol. The number of carbonyl (C=O) groups excluding carboxylic acids is 1. The van der Waals surface area contributed by atoms with Gasteiger partial charge in [0.05, 0.1) is 0 Å². The molecule has 1 saturated carbocycles. The van der Waals surface area contributed by atoms with Crippen molar-refractivity contribution in [2.75, 3.05) is 5.73 Å². The van der Waals surface area contributed by atoms with Gasteiger partial charge in [0, 0.05) is 22.2 Å². The minimum atomic E-state index is 0.162. The molecule has 17 heavy (non-hydrogen) atoms. The van der Waals surface area contributed by atoms with Crippen LogP contribution in [0, 0.1) is 5.92 Å². The zero-order chi connectivity index (χ0) is 12.3. The number of carbonyl (C=O) groups is 1. The third-order valence-corrected chi connectivity index (χ3v) is 3.65. The first-order valence-electron chi connectivity index (χ1n) is 6.27. The van der Waals surface area contributed by atoms with Crippen molar-refractivity contribution in [1.82, 2.24) is 0 Å². The van der Waals surface area contributed by atoms with Gasteiger partial charge in [0.1, 0.15) is 0 Å². The summed E-state index contributed by atoms with van der Waals surface area (Å²) in [6.45, 7) is 0. The van der Waals surface area contributed by atoms with Gasteiger partial charge in [-0.25, -0.2) is 0 Å². The summed E-state index contributed by atoms with van der Waals surface area (Å²) < 4.78 is 0. The zero-order valence-electron chi connectivity index (χ0n) is 9.92. The van der Waals surface area contributed by atoms with Crippen molar-refractivity contribution >= 4 is 23.1 Å². The van der Waals surface area contributed by atoms with Crippen molar-refractivity contribution in [3.8, 4) is 0 Å². The van der Waals surface area contributed by atoms with Crippen molar-refractivity contribution in [3.05, 3.63) is 28.8 Å². The molecule has 2 nitrogen and oxygen atoms in total. The summed E-state index contributed by atoms with van der Waals surface area (Å²) >= 11 is 5.93. The molecule has 0 saturated heterocycles. The quantitative estimate of drug-likeness (QED) is 0.489. The minimum absolute atomic E-state index is 0.162. The first-order chi connectivity index (χ1) is 8.16. The molecule has 0 aliphatic heterocycles. The minimum Gasteiger partial charge on any atom is -0.399 e. The second-order valence-corrected chi connectivity index (χ2v) is 5.26. The highest BCUT2D eigenvalue weighted by Gasteiger charge is 2.21. The Labute approximate surface area is 107 Å². The maximum atomic E-state index is 12.3. The standard InChI is InChI=1S/C14H18ClNO/c15-12-7-11(8-13(16)9-12)14(17)10-5-3-1-2-4-6-10/h7-10H,1-6,16H2. The molecule has 0 amide bonds. The van der Waals surface area contributed by atoms with Crippen LogP contribution >= 0.6 is 11.6 Å². The highest BCUT2D eigenvalue weighted by molar-refractivity contribution is 6.31. The van der Waals surface area contributed by atoms with E-state index < -0.39 is 0 Å². The Kier molecular flexibility index (Phi) is 4.06. The molecule has 0 radical (unpaired) electrons. The Morgan fingerprint density at radius 2 is 1.76 bits per heavy atom. The van der Waals surface area contributed by atoms with E-state index in [0.717, 1.165) is 25.7 Å². The number of ketones is 1. The lowest BCUT2D eigenvalue weighted by Crippen LogP contribution is -2.14. The van der Waals surface area contributed by atoms with Crippen molar-refractivity contribution in [2.45, 2.75) is 38.5 Å². The topological polar surface area (TPSA) is 43.1 Å². The SMILES string of the molecule is Nc1cc(Cl)cc(C(=O)C2CCCCCC2)c1. The van der Waals surface area contributed by atoms with Crippen LogP contribution in [0.5, 0.6) is 0 Å². The van der Waals surface area contributed by atoms with E-state index in [-0.39, 0.29) is 11.7 Å². The highest BCUT2D eigenvalue weighted by atomic mass is 35.5. The third kappa shape index (κ3) is 3.22. The normalized spacial score (nSPS) is 17.7. The molecule has 0 atom stereocenters. The number of anilines is 1. The van der Waals surface area contributed by atoms with E-state index in [0.29, 0.717) is 16.3 Å². The molecule has 1 aromatic rings. The second kappa shape index (κ2) is 5.54. The van der Waals surface area contributed by atoms with Gasteiger partial charge in [-0.3, -0.25) is 4.79 Å². The number of rotatable bonds is 2. The summed E-state index contributed by atoms with van der Waals surface area (Å²) in [5.41, 5.74) is 6.95. The molecule has 1 aromatic carbocycles. The fraction of sp³-hybridized carbons (Fsp3) is 0.500. The Balaban J connectivity index is 2.17. The summed E-state index contributed by atoms with van der Waals surface area (Å²) in [7, 11) is 0. The molecule has 2 rings (SSSR count). The largest absolute Gasteiger partial charge is 0.399 e. The van der Waals surface area contributed by atoms with Gasteiger partial charge in [-0.2, -0.15) is 0 Å². The van der Waals surface area contributed by atoms with Crippen LogP contribution < -0.4 is 5.73 Å². The first kappa shape index (κ1) is 12.4. The van der Waals surface area contributed by atoms with Crippen LogP contribution in [0.3, 0.4) is 0 Å². The van der Waals surface area contributed by atoms with Crippen molar-refractivity contribution in [3.63, 3.8) is 0 Å². The molecule has 1 aliphatic carbocycles. The van der Waals surface area contributed by atoms with Crippen LogP contribution in [0.2, 0.25) is 5.02 Å². The predicted octanol–water partition coefficient (Wildman–Crippen LogP) is 4.08. The molecule has 0 spiro atoms. The van der Waals surface area contributed by atoms with Gasteiger partial charge in [-0.05, 0) is 31.0 Å². The average Bonchev–Trinajstić information content (AvgIpc) is 2.55. The van der Waals surface area contributed by atoms with Crippen LogP contribution in [0.4, 0.5) is 5.69 Å². The van der Waals surface area contributed by atoms with E-state index in [2.05, 4.69) is 0 Å². The lowest BCUT2D eigenvalue weighted by Gasteiger charge is -2.13. The van der Waals surface area contributed by atoms with E-state index in [1.807, 2.05) is 0 Å². The Hall–Kier alpha value is -1.02. The lowest BCUT2D eigenvalue weighted by atomic mass is 9.91. The predicted molar refractivity (Wildman–Crippen MR) is 71.4 cm³/mol. The number of benzene rings is 1. The van der Waals surface area contributed by atoms with Crippen molar-refractivity contribution in [2.24, 2.45) is 5.92 Å². The van der Waals surface area contributed by atoms with Gasteiger partial charge >= 0.3 is 0 Å². The zero-order valence-corrected chi connectivity index (χ0v) is 10.7. The van der Waals surface area contributed by atoms with E-state index in [1.54, 1.807) is 18.2 Å². The Morgan fingerprint density at radius 3 is 2.35 bits per heavy atom.